The van der Waals surface area contributed by atoms with Crippen molar-refractivity contribution in [2.45, 2.75) is 43.9 Å². The van der Waals surface area contributed by atoms with Crippen molar-refractivity contribution in [2.75, 3.05) is 13.2 Å². The number of hydrogen-bond donors (Lipinski definition) is 1. The Hall–Kier alpha value is -0.990. The number of hydrogen-bond acceptors (Lipinski definition) is 6. The summed E-state index contributed by atoms with van der Waals surface area (Å²) in [5.41, 5.74) is 0.676. The quantitative estimate of drug-likeness (QED) is 0.888. The van der Waals surface area contributed by atoms with Gasteiger partial charge in [0.05, 0.1) is 5.69 Å². The van der Waals surface area contributed by atoms with E-state index in [9.17, 15) is 13.2 Å². The second kappa shape index (κ2) is 6.85. The summed E-state index contributed by atoms with van der Waals surface area (Å²) in [6.45, 7) is 5.00. The van der Waals surface area contributed by atoms with Crippen LogP contribution in [-0.2, 0) is 19.6 Å². The Morgan fingerprint density at radius 1 is 1.38 bits per heavy atom. The minimum Gasteiger partial charge on any atom is -0.381 e. The fourth-order valence-corrected chi connectivity index (χ4v) is 4.50. The number of sulfonamides is 1. The molecule has 21 heavy (non-hydrogen) atoms. The molecule has 0 radical (unpaired) electrons. The van der Waals surface area contributed by atoms with Crippen molar-refractivity contribution in [1.29, 1.82) is 0 Å². The standard InChI is InChI=1S/C13H20N2O4S2/c1-9-10(2)20-13(14-9)21(17,18)15-12(16)4-3-11-5-7-19-8-6-11/h11H,3-8H2,1-2H3,(H,15,16). The summed E-state index contributed by atoms with van der Waals surface area (Å²) in [7, 11) is -3.83. The maximum absolute atomic E-state index is 12.1. The van der Waals surface area contributed by atoms with E-state index < -0.39 is 15.9 Å². The van der Waals surface area contributed by atoms with Gasteiger partial charge in [0, 0.05) is 24.5 Å². The molecule has 0 bridgehead atoms. The first-order valence-electron chi connectivity index (χ1n) is 6.96. The van der Waals surface area contributed by atoms with Gasteiger partial charge in [-0.3, -0.25) is 4.79 Å². The van der Waals surface area contributed by atoms with E-state index in [-0.39, 0.29) is 10.8 Å². The van der Waals surface area contributed by atoms with Crippen LogP contribution < -0.4 is 4.72 Å². The van der Waals surface area contributed by atoms with E-state index in [1.54, 1.807) is 13.8 Å². The number of nitrogens with one attached hydrogen (secondary N) is 1. The van der Waals surface area contributed by atoms with Gasteiger partial charge in [0.1, 0.15) is 0 Å². The number of rotatable bonds is 5. The maximum atomic E-state index is 12.1. The van der Waals surface area contributed by atoms with Gasteiger partial charge in [0.15, 0.2) is 0 Å². The number of aromatic nitrogens is 1. The predicted molar refractivity (Wildman–Crippen MR) is 79.7 cm³/mol. The third-order valence-electron chi connectivity index (χ3n) is 3.61. The van der Waals surface area contributed by atoms with E-state index in [4.69, 9.17) is 4.74 Å². The SMILES string of the molecule is Cc1nc(S(=O)(=O)NC(=O)CCC2CCOCC2)sc1C. The molecule has 8 heteroatoms. The van der Waals surface area contributed by atoms with Gasteiger partial charge < -0.3 is 4.74 Å². The summed E-state index contributed by atoms with van der Waals surface area (Å²) < 4.78 is 31.4. The molecule has 0 saturated carbocycles. The highest BCUT2D eigenvalue weighted by Crippen LogP contribution is 2.22. The van der Waals surface area contributed by atoms with Crippen LogP contribution in [0, 0.1) is 19.8 Å². The molecule has 0 aliphatic carbocycles. The zero-order valence-corrected chi connectivity index (χ0v) is 13.8. The summed E-state index contributed by atoms with van der Waals surface area (Å²) in [6.07, 6.45) is 2.78. The first kappa shape index (κ1) is 16.4. The molecular formula is C13H20N2O4S2. The third-order valence-corrected chi connectivity index (χ3v) is 6.43. The molecule has 1 N–H and O–H groups in total. The number of carbonyl (C=O) groups is 1. The summed E-state index contributed by atoms with van der Waals surface area (Å²) in [5, 5.41) is 0. The molecule has 0 unspecified atom stereocenters. The Kier molecular flexibility index (Phi) is 5.34. The predicted octanol–water partition coefficient (Wildman–Crippen LogP) is 1.77. The summed E-state index contributed by atoms with van der Waals surface area (Å²) >= 11 is 1.08. The molecule has 1 aliphatic rings. The molecule has 1 aliphatic heterocycles. The van der Waals surface area contributed by atoms with Crippen LogP contribution in [-0.4, -0.2) is 32.5 Å². The number of ether oxygens (including phenoxy) is 1. The summed E-state index contributed by atoms with van der Waals surface area (Å²) in [5.74, 6) is -0.0245. The van der Waals surface area contributed by atoms with E-state index in [0.29, 0.717) is 18.0 Å². The zero-order chi connectivity index (χ0) is 15.5. The van der Waals surface area contributed by atoms with E-state index in [1.165, 1.54) is 0 Å². The number of aryl methyl sites for hydroxylation is 2. The molecule has 1 aromatic rings. The lowest BCUT2D eigenvalue weighted by molar-refractivity contribution is -0.119. The Labute approximate surface area is 129 Å². The number of carbonyl (C=O) groups excluding carboxylic acids is 1. The molecule has 118 valence electrons. The van der Waals surface area contributed by atoms with Crippen molar-refractivity contribution in [3.8, 4) is 0 Å². The third kappa shape index (κ3) is 4.49. The lowest BCUT2D eigenvalue weighted by Crippen LogP contribution is -2.31. The van der Waals surface area contributed by atoms with E-state index in [2.05, 4.69) is 9.71 Å². The second-order valence-corrected chi connectivity index (χ2v) is 8.30. The van der Waals surface area contributed by atoms with Crippen LogP contribution in [0.1, 0.15) is 36.3 Å². The highest BCUT2D eigenvalue weighted by molar-refractivity contribution is 7.92. The summed E-state index contributed by atoms with van der Waals surface area (Å²) in [4.78, 5) is 16.6. The summed E-state index contributed by atoms with van der Waals surface area (Å²) in [6, 6.07) is 0. The van der Waals surface area contributed by atoms with Crippen molar-refractivity contribution in [2.24, 2.45) is 5.92 Å². The maximum Gasteiger partial charge on any atom is 0.291 e. The van der Waals surface area contributed by atoms with Gasteiger partial charge in [-0.05, 0) is 39.0 Å². The molecule has 1 aromatic heterocycles. The number of nitrogens with zero attached hydrogens (tertiary/aromatic N) is 1. The highest BCUT2D eigenvalue weighted by Gasteiger charge is 2.23. The van der Waals surface area contributed by atoms with Crippen LogP contribution in [0.5, 0.6) is 0 Å². The molecule has 0 atom stereocenters. The van der Waals surface area contributed by atoms with Gasteiger partial charge in [0.2, 0.25) is 10.2 Å². The average Bonchev–Trinajstić information content (AvgIpc) is 2.78. The van der Waals surface area contributed by atoms with Crippen LogP contribution >= 0.6 is 11.3 Å². The van der Waals surface area contributed by atoms with Crippen molar-refractivity contribution in [1.82, 2.24) is 9.71 Å². The first-order valence-corrected chi connectivity index (χ1v) is 9.26. The minimum atomic E-state index is -3.83. The van der Waals surface area contributed by atoms with Crippen molar-refractivity contribution in [3.05, 3.63) is 10.6 Å². The largest absolute Gasteiger partial charge is 0.381 e. The molecule has 6 nitrogen and oxygen atoms in total. The van der Waals surface area contributed by atoms with Crippen LogP contribution in [0.3, 0.4) is 0 Å². The first-order chi connectivity index (χ1) is 9.88. The zero-order valence-electron chi connectivity index (χ0n) is 12.2. The smallest absolute Gasteiger partial charge is 0.291 e. The minimum absolute atomic E-state index is 0.0445. The van der Waals surface area contributed by atoms with Gasteiger partial charge in [0.25, 0.3) is 10.0 Å². The van der Waals surface area contributed by atoms with E-state index in [0.717, 1.165) is 42.3 Å². The van der Waals surface area contributed by atoms with Gasteiger partial charge in [-0.2, -0.15) is 8.42 Å². The van der Waals surface area contributed by atoms with Gasteiger partial charge in [-0.1, -0.05) is 0 Å². The van der Waals surface area contributed by atoms with E-state index in [1.807, 2.05) is 0 Å². The Balaban J connectivity index is 1.88. The fraction of sp³-hybridized carbons (Fsp3) is 0.692. The molecule has 1 saturated heterocycles. The van der Waals surface area contributed by atoms with Crippen molar-refractivity contribution in [3.63, 3.8) is 0 Å². The average molecular weight is 332 g/mol. The Morgan fingerprint density at radius 2 is 2.05 bits per heavy atom. The van der Waals surface area contributed by atoms with E-state index >= 15 is 0 Å². The lowest BCUT2D eigenvalue weighted by Gasteiger charge is -2.21. The molecule has 1 fully saturated rings. The normalized spacial score (nSPS) is 16.9. The van der Waals surface area contributed by atoms with Gasteiger partial charge >= 0.3 is 0 Å². The molecule has 0 aromatic carbocycles. The van der Waals surface area contributed by atoms with Crippen molar-refractivity contribution < 1.29 is 17.9 Å². The molecule has 0 spiro atoms. The van der Waals surface area contributed by atoms with Crippen LogP contribution in [0.4, 0.5) is 0 Å². The highest BCUT2D eigenvalue weighted by atomic mass is 32.2. The van der Waals surface area contributed by atoms with Crippen LogP contribution in [0.15, 0.2) is 4.34 Å². The number of thiazole rings is 1. The Bertz CT molecular complexity index is 584. The van der Waals surface area contributed by atoms with Gasteiger partial charge in [-0.25, -0.2) is 9.71 Å². The topological polar surface area (TPSA) is 85.4 Å². The lowest BCUT2D eigenvalue weighted by atomic mass is 9.95. The Morgan fingerprint density at radius 3 is 2.62 bits per heavy atom. The fourth-order valence-electron chi connectivity index (χ4n) is 2.17. The number of amides is 1. The molecule has 1 amide bonds. The van der Waals surface area contributed by atoms with Crippen molar-refractivity contribution >= 4 is 27.3 Å². The van der Waals surface area contributed by atoms with Crippen LogP contribution in [0.2, 0.25) is 0 Å². The monoisotopic (exact) mass is 332 g/mol. The van der Waals surface area contributed by atoms with Gasteiger partial charge in [-0.15, -0.1) is 11.3 Å². The second-order valence-electron chi connectivity index (χ2n) is 5.24. The molecular weight excluding hydrogens is 312 g/mol. The van der Waals surface area contributed by atoms with Crippen LogP contribution in [0.25, 0.3) is 0 Å². The molecule has 2 rings (SSSR count). The molecule has 2 heterocycles.